The van der Waals surface area contributed by atoms with Crippen LogP contribution in [0, 0.1) is 11.3 Å². The third-order valence-corrected chi connectivity index (χ3v) is 6.96. The molecule has 0 bridgehead atoms. The van der Waals surface area contributed by atoms with Crippen molar-refractivity contribution in [1.29, 1.82) is 5.26 Å². The molecule has 0 saturated heterocycles. The molecule has 1 aliphatic rings. The van der Waals surface area contributed by atoms with Gasteiger partial charge in [-0.25, -0.2) is 13.2 Å². The topological polar surface area (TPSA) is 117 Å². The van der Waals surface area contributed by atoms with Crippen molar-refractivity contribution < 1.29 is 22.7 Å². The number of ether oxygens (including phenoxy) is 1. The molecule has 2 aromatic carbocycles. The van der Waals surface area contributed by atoms with E-state index >= 15 is 0 Å². The summed E-state index contributed by atoms with van der Waals surface area (Å²) in [5.41, 5.74) is 1.90. The van der Waals surface area contributed by atoms with Crippen molar-refractivity contribution >= 4 is 33.5 Å². The Bertz CT molecular complexity index is 1140. The van der Waals surface area contributed by atoms with Crippen LogP contribution in [0.15, 0.2) is 47.4 Å². The van der Waals surface area contributed by atoms with Gasteiger partial charge in [0.1, 0.15) is 0 Å². The van der Waals surface area contributed by atoms with E-state index < -0.39 is 28.5 Å². The quantitative estimate of drug-likeness (QED) is 0.499. The van der Waals surface area contributed by atoms with Gasteiger partial charge in [-0.1, -0.05) is 35.9 Å². The van der Waals surface area contributed by atoms with Crippen molar-refractivity contribution in [3.8, 4) is 6.07 Å². The lowest BCUT2D eigenvalue weighted by Crippen LogP contribution is -2.36. The summed E-state index contributed by atoms with van der Waals surface area (Å²) < 4.78 is 32.6. The Balaban J connectivity index is 1.73. The maximum atomic E-state index is 13.1. The highest BCUT2D eigenvalue weighted by Gasteiger charge is 2.29. The summed E-state index contributed by atoms with van der Waals surface area (Å²) in [7, 11) is -3.87. The Labute approximate surface area is 185 Å². The first-order valence-electron chi connectivity index (χ1n) is 9.50. The van der Waals surface area contributed by atoms with Crippen LogP contribution in [-0.4, -0.2) is 44.3 Å². The zero-order chi connectivity index (χ0) is 22.4. The van der Waals surface area contributed by atoms with E-state index in [2.05, 4.69) is 5.32 Å². The lowest BCUT2D eigenvalue weighted by atomic mass is 10.0. The summed E-state index contributed by atoms with van der Waals surface area (Å²) in [6, 6.07) is 13.3. The number of nitrogens with one attached hydrogen (secondary N) is 1. The summed E-state index contributed by atoms with van der Waals surface area (Å²) in [4.78, 5) is 23.9. The Morgan fingerprint density at radius 2 is 1.94 bits per heavy atom. The molecular formula is C21H20ClN3O5S. The second-order valence-corrected chi connectivity index (χ2v) is 9.18. The van der Waals surface area contributed by atoms with Crippen LogP contribution in [0.25, 0.3) is 0 Å². The van der Waals surface area contributed by atoms with Gasteiger partial charge in [-0.2, -0.15) is 9.57 Å². The molecule has 0 aromatic heterocycles. The number of fused-ring (bicyclic) bond motifs is 1. The number of esters is 1. The van der Waals surface area contributed by atoms with E-state index in [-0.39, 0.29) is 35.0 Å². The summed E-state index contributed by atoms with van der Waals surface area (Å²) in [6.45, 7) is 0.134. The highest BCUT2D eigenvalue weighted by atomic mass is 35.5. The van der Waals surface area contributed by atoms with Gasteiger partial charge in [-0.15, -0.1) is 0 Å². The van der Waals surface area contributed by atoms with E-state index in [4.69, 9.17) is 21.6 Å². The van der Waals surface area contributed by atoms with E-state index in [1.54, 1.807) is 0 Å². The largest absolute Gasteiger partial charge is 0.452 e. The molecule has 2 aromatic rings. The fraction of sp³-hybridized carbons (Fsp3) is 0.286. The number of benzene rings is 2. The summed E-state index contributed by atoms with van der Waals surface area (Å²) in [5, 5.41) is 10.9. The van der Waals surface area contributed by atoms with Gasteiger partial charge in [0.2, 0.25) is 10.0 Å². The van der Waals surface area contributed by atoms with Crippen LogP contribution in [0.5, 0.6) is 0 Å². The summed E-state index contributed by atoms with van der Waals surface area (Å²) in [5.74, 6) is -1.49. The number of nitriles is 1. The zero-order valence-corrected chi connectivity index (χ0v) is 18.1. The third kappa shape index (κ3) is 5.41. The molecule has 3 rings (SSSR count). The van der Waals surface area contributed by atoms with Gasteiger partial charge in [0.25, 0.3) is 5.91 Å². The lowest BCUT2D eigenvalue weighted by Gasteiger charge is -2.28. The van der Waals surface area contributed by atoms with Crippen LogP contribution < -0.4 is 5.32 Å². The van der Waals surface area contributed by atoms with Crippen molar-refractivity contribution in [2.24, 2.45) is 0 Å². The molecule has 0 fully saturated rings. The zero-order valence-electron chi connectivity index (χ0n) is 16.5. The smallest absolute Gasteiger partial charge is 0.340 e. The Hall–Kier alpha value is -2.93. The van der Waals surface area contributed by atoms with E-state index in [0.717, 1.165) is 17.2 Å². The molecule has 0 aliphatic carbocycles. The molecular weight excluding hydrogens is 442 g/mol. The number of carbonyl (C=O) groups is 2. The molecule has 0 spiro atoms. The van der Waals surface area contributed by atoms with E-state index in [1.807, 2.05) is 30.3 Å². The normalized spacial score (nSPS) is 13.7. The van der Waals surface area contributed by atoms with E-state index in [9.17, 15) is 18.0 Å². The van der Waals surface area contributed by atoms with Gasteiger partial charge in [-0.05, 0) is 35.7 Å². The molecule has 0 atom stereocenters. The number of amides is 1. The number of sulfonamides is 1. The lowest BCUT2D eigenvalue weighted by molar-refractivity contribution is -0.124. The fourth-order valence-corrected chi connectivity index (χ4v) is 4.80. The van der Waals surface area contributed by atoms with Gasteiger partial charge in [0.05, 0.1) is 28.0 Å². The number of rotatable bonds is 7. The van der Waals surface area contributed by atoms with Crippen molar-refractivity contribution in [3.05, 3.63) is 64.2 Å². The second kappa shape index (κ2) is 9.92. The molecule has 1 aliphatic heterocycles. The molecule has 8 nitrogen and oxygen atoms in total. The SMILES string of the molecule is N#CCCNC(=O)COC(=O)c1cc(S(=O)(=O)N2CCc3ccccc3C2)ccc1Cl. The van der Waals surface area contributed by atoms with Crippen LogP contribution in [0.3, 0.4) is 0 Å². The minimum Gasteiger partial charge on any atom is -0.452 e. The highest BCUT2D eigenvalue weighted by Crippen LogP contribution is 2.27. The number of hydrogen-bond acceptors (Lipinski definition) is 6. The van der Waals surface area contributed by atoms with Crippen molar-refractivity contribution in [1.82, 2.24) is 9.62 Å². The highest BCUT2D eigenvalue weighted by molar-refractivity contribution is 7.89. The Morgan fingerprint density at radius 1 is 1.19 bits per heavy atom. The molecule has 1 heterocycles. The van der Waals surface area contributed by atoms with E-state index in [0.29, 0.717) is 13.0 Å². The van der Waals surface area contributed by atoms with Crippen LogP contribution in [0.2, 0.25) is 5.02 Å². The van der Waals surface area contributed by atoms with Crippen LogP contribution in [0.4, 0.5) is 0 Å². The van der Waals surface area contributed by atoms with Gasteiger partial charge < -0.3 is 10.1 Å². The van der Waals surface area contributed by atoms with Crippen LogP contribution in [0.1, 0.15) is 27.9 Å². The van der Waals surface area contributed by atoms with Gasteiger partial charge in [0.15, 0.2) is 6.61 Å². The Morgan fingerprint density at radius 3 is 2.68 bits per heavy atom. The standard InChI is InChI=1S/C21H20ClN3O5S/c22-19-7-6-17(12-18(19)21(27)30-14-20(26)24-10-3-9-23)31(28,29)25-11-8-15-4-1-2-5-16(15)13-25/h1-2,4-7,12H,3,8,10-11,13-14H2,(H,24,26). The number of halogens is 1. The van der Waals surface area contributed by atoms with Crippen LogP contribution in [-0.2, 0) is 32.5 Å². The molecule has 1 amide bonds. The minimum atomic E-state index is -3.87. The van der Waals surface area contributed by atoms with Gasteiger partial charge in [-0.3, -0.25) is 4.79 Å². The molecule has 1 N–H and O–H groups in total. The second-order valence-electron chi connectivity index (χ2n) is 6.83. The van der Waals surface area contributed by atoms with Crippen molar-refractivity contribution in [3.63, 3.8) is 0 Å². The number of carbonyl (C=O) groups excluding carboxylic acids is 2. The maximum absolute atomic E-state index is 13.1. The Kier molecular flexibility index (Phi) is 7.28. The molecule has 0 radical (unpaired) electrons. The molecule has 31 heavy (non-hydrogen) atoms. The predicted molar refractivity (Wildman–Crippen MR) is 113 cm³/mol. The molecule has 10 heteroatoms. The predicted octanol–water partition coefficient (Wildman–Crippen LogP) is 2.27. The van der Waals surface area contributed by atoms with E-state index in [1.165, 1.54) is 16.4 Å². The van der Waals surface area contributed by atoms with Gasteiger partial charge in [0, 0.05) is 19.6 Å². The number of hydrogen-bond donors (Lipinski definition) is 1. The van der Waals surface area contributed by atoms with Crippen molar-refractivity contribution in [2.75, 3.05) is 19.7 Å². The molecule has 0 saturated carbocycles. The minimum absolute atomic E-state index is 0.0119. The monoisotopic (exact) mass is 461 g/mol. The van der Waals surface area contributed by atoms with Crippen molar-refractivity contribution in [2.45, 2.75) is 24.3 Å². The maximum Gasteiger partial charge on any atom is 0.340 e. The first-order chi connectivity index (χ1) is 14.8. The average molecular weight is 462 g/mol. The first kappa shape index (κ1) is 22.7. The molecule has 0 unspecified atom stereocenters. The molecule has 162 valence electrons. The summed E-state index contributed by atoms with van der Waals surface area (Å²) >= 11 is 6.07. The van der Waals surface area contributed by atoms with Crippen LogP contribution >= 0.6 is 11.6 Å². The first-order valence-corrected chi connectivity index (χ1v) is 11.3. The third-order valence-electron chi connectivity index (χ3n) is 4.78. The number of nitrogens with zero attached hydrogens (tertiary/aromatic N) is 2. The van der Waals surface area contributed by atoms with Gasteiger partial charge >= 0.3 is 5.97 Å². The average Bonchev–Trinajstić information content (AvgIpc) is 2.77. The summed E-state index contributed by atoms with van der Waals surface area (Å²) in [6.07, 6.45) is 0.727. The fourth-order valence-electron chi connectivity index (χ4n) is 3.16.